The minimum absolute atomic E-state index is 0.406. The van der Waals surface area contributed by atoms with Crippen molar-refractivity contribution in [2.45, 2.75) is 44.4 Å². The zero-order valence-electron chi connectivity index (χ0n) is 15.3. The van der Waals surface area contributed by atoms with Crippen LogP contribution in [-0.2, 0) is 0 Å². The van der Waals surface area contributed by atoms with Gasteiger partial charge in [-0.05, 0) is 36.5 Å². The Kier molecular flexibility index (Phi) is 6.62. The highest BCUT2D eigenvalue weighted by atomic mass is 14.7. The molecule has 0 unspecified atom stereocenters. The summed E-state index contributed by atoms with van der Waals surface area (Å²) in [6, 6.07) is 21.7. The molecule has 0 heterocycles. The number of allylic oxidation sites excluding steroid dienone is 2. The molecule has 3 rings (SSSR count). The van der Waals surface area contributed by atoms with Gasteiger partial charge in [0.25, 0.3) is 0 Å². The molecule has 1 aliphatic carbocycles. The van der Waals surface area contributed by atoms with E-state index in [9.17, 15) is 0 Å². The highest BCUT2D eigenvalue weighted by Crippen LogP contribution is 2.29. The number of nitrogens with zero attached hydrogens (tertiary/aromatic N) is 1. The van der Waals surface area contributed by atoms with Crippen LogP contribution in [0.1, 0.15) is 55.6 Å². The zero-order valence-corrected chi connectivity index (χ0v) is 15.3. The van der Waals surface area contributed by atoms with Crippen molar-refractivity contribution in [2.75, 3.05) is 7.05 Å². The molecule has 1 saturated carbocycles. The summed E-state index contributed by atoms with van der Waals surface area (Å²) in [4.78, 5) is 4.58. The first kappa shape index (κ1) is 17.7. The predicted octanol–water partition coefficient (Wildman–Crippen LogP) is 6.42. The number of hydrogen-bond donors (Lipinski definition) is 0. The van der Waals surface area contributed by atoms with Crippen LogP contribution >= 0.6 is 0 Å². The molecule has 130 valence electrons. The van der Waals surface area contributed by atoms with Gasteiger partial charge in [0.05, 0.1) is 0 Å². The fraction of sp³-hybridized carbons (Fsp3) is 0.375. The molecule has 0 saturated heterocycles. The lowest BCUT2D eigenvalue weighted by molar-refractivity contribution is 0.440. The van der Waals surface area contributed by atoms with Crippen molar-refractivity contribution in [3.63, 3.8) is 0 Å². The Bertz CT molecular complexity index is 639. The summed E-state index contributed by atoms with van der Waals surface area (Å²) in [6.07, 6.45) is 12.3. The summed E-state index contributed by atoms with van der Waals surface area (Å²) in [5.41, 5.74) is 4.05. The van der Waals surface area contributed by atoms with Gasteiger partial charge in [0.2, 0.25) is 0 Å². The molecule has 0 radical (unpaired) electrons. The van der Waals surface area contributed by atoms with Gasteiger partial charge in [-0.1, -0.05) is 86.0 Å². The quantitative estimate of drug-likeness (QED) is 0.542. The SMILES string of the molecule is C/N=C(\C=C/CC(c1ccccc1)c1ccccc1)C1CCCCC1. The molecular formula is C24H29N. The number of rotatable bonds is 6. The summed E-state index contributed by atoms with van der Waals surface area (Å²) in [6.45, 7) is 0. The second kappa shape index (κ2) is 9.36. The van der Waals surface area contributed by atoms with E-state index in [0.717, 1.165) is 6.42 Å². The number of hydrogen-bond acceptors (Lipinski definition) is 1. The lowest BCUT2D eigenvalue weighted by Crippen LogP contribution is -2.16. The number of aliphatic imine (C=N–C) groups is 1. The highest BCUT2D eigenvalue weighted by molar-refractivity contribution is 5.96. The normalized spacial score (nSPS) is 16.6. The summed E-state index contributed by atoms with van der Waals surface area (Å²) < 4.78 is 0. The monoisotopic (exact) mass is 331 g/mol. The minimum Gasteiger partial charge on any atom is -0.293 e. The van der Waals surface area contributed by atoms with E-state index in [4.69, 9.17) is 0 Å². The third-order valence-electron chi connectivity index (χ3n) is 5.35. The molecule has 1 fully saturated rings. The van der Waals surface area contributed by atoms with E-state index >= 15 is 0 Å². The standard InChI is InChI=1S/C24H29N/c1-25-24(22-16-9-4-10-17-22)19-11-18-23(20-12-5-2-6-13-20)21-14-7-3-8-15-21/h2-3,5-8,11-15,19,22-23H,4,9-10,16-18H2,1H3/b19-11-,25-24+. The number of benzene rings is 2. The summed E-state index contributed by atoms with van der Waals surface area (Å²) >= 11 is 0. The first-order chi connectivity index (χ1) is 12.4. The van der Waals surface area contributed by atoms with Gasteiger partial charge in [0, 0.05) is 24.6 Å². The van der Waals surface area contributed by atoms with Crippen molar-refractivity contribution in [3.05, 3.63) is 83.9 Å². The molecule has 0 bridgehead atoms. The van der Waals surface area contributed by atoms with Crippen molar-refractivity contribution < 1.29 is 0 Å². The van der Waals surface area contributed by atoms with Crippen molar-refractivity contribution in [3.8, 4) is 0 Å². The fourth-order valence-corrected chi connectivity index (χ4v) is 3.95. The van der Waals surface area contributed by atoms with Gasteiger partial charge in [-0.25, -0.2) is 0 Å². The summed E-state index contributed by atoms with van der Waals surface area (Å²) in [5, 5.41) is 0. The second-order valence-electron chi connectivity index (χ2n) is 7.00. The van der Waals surface area contributed by atoms with E-state index < -0.39 is 0 Å². The molecule has 1 nitrogen and oxygen atoms in total. The van der Waals surface area contributed by atoms with Crippen molar-refractivity contribution in [1.29, 1.82) is 0 Å². The maximum Gasteiger partial charge on any atom is 0.0372 e. The van der Waals surface area contributed by atoms with E-state index in [1.54, 1.807) is 0 Å². The van der Waals surface area contributed by atoms with E-state index in [0.29, 0.717) is 11.8 Å². The van der Waals surface area contributed by atoms with Crippen LogP contribution in [0.2, 0.25) is 0 Å². The molecule has 1 aliphatic rings. The van der Waals surface area contributed by atoms with Gasteiger partial charge in [0.1, 0.15) is 0 Å². The van der Waals surface area contributed by atoms with E-state index in [1.807, 2.05) is 7.05 Å². The third kappa shape index (κ3) is 4.92. The zero-order chi connectivity index (χ0) is 17.3. The Balaban J connectivity index is 1.74. The largest absolute Gasteiger partial charge is 0.293 e. The molecule has 0 spiro atoms. The third-order valence-corrected chi connectivity index (χ3v) is 5.35. The highest BCUT2D eigenvalue weighted by Gasteiger charge is 2.17. The average molecular weight is 332 g/mol. The van der Waals surface area contributed by atoms with Gasteiger partial charge in [-0.3, -0.25) is 4.99 Å². The smallest absolute Gasteiger partial charge is 0.0372 e. The van der Waals surface area contributed by atoms with Crippen LogP contribution in [0.5, 0.6) is 0 Å². The van der Waals surface area contributed by atoms with Crippen LogP contribution < -0.4 is 0 Å². The Hall–Kier alpha value is -2.15. The van der Waals surface area contributed by atoms with Crippen LogP contribution in [0, 0.1) is 5.92 Å². The molecule has 0 aliphatic heterocycles. The molecule has 0 amide bonds. The lowest BCUT2D eigenvalue weighted by atomic mass is 9.84. The van der Waals surface area contributed by atoms with Crippen molar-refractivity contribution >= 4 is 5.71 Å². The van der Waals surface area contributed by atoms with Gasteiger partial charge in [-0.2, -0.15) is 0 Å². The predicted molar refractivity (Wildman–Crippen MR) is 108 cm³/mol. The molecule has 0 aromatic heterocycles. The molecule has 0 atom stereocenters. The van der Waals surface area contributed by atoms with Crippen LogP contribution in [0.15, 0.2) is 77.8 Å². The van der Waals surface area contributed by atoms with Crippen molar-refractivity contribution in [2.24, 2.45) is 10.9 Å². The molecule has 25 heavy (non-hydrogen) atoms. The average Bonchev–Trinajstić information content (AvgIpc) is 2.70. The van der Waals surface area contributed by atoms with Crippen LogP contribution in [0.25, 0.3) is 0 Å². The Labute approximate surface area is 152 Å². The second-order valence-corrected chi connectivity index (χ2v) is 7.00. The maximum atomic E-state index is 4.58. The molecule has 2 aromatic rings. The Morgan fingerprint density at radius 3 is 2.00 bits per heavy atom. The van der Waals surface area contributed by atoms with Crippen molar-refractivity contribution in [1.82, 2.24) is 0 Å². The Morgan fingerprint density at radius 2 is 1.48 bits per heavy atom. The molecule has 0 N–H and O–H groups in total. The fourth-order valence-electron chi connectivity index (χ4n) is 3.95. The van der Waals surface area contributed by atoms with Gasteiger partial charge in [-0.15, -0.1) is 0 Å². The van der Waals surface area contributed by atoms with Gasteiger partial charge in [0.15, 0.2) is 0 Å². The van der Waals surface area contributed by atoms with Gasteiger partial charge >= 0.3 is 0 Å². The van der Waals surface area contributed by atoms with Crippen LogP contribution in [0.3, 0.4) is 0 Å². The molecular weight excluding hydrogens is 302 g/mol. The summed E-state index contributed by atoms with van der Waals surface area (Å²) in [7, 11) is 1.94. The van der Waals surface area contributed by atoms with E-state index in [2.05, 4.69) is 77.8 Å². The first-order valence-corrected chi connectivity index (χ1v) is 9.61. The van der Waals surface area contributed by atoms with Crippen LogP contribution in [-0.4, -0.2) is 12.8 Å². The van der Waals surface area contributed by atoms with E-state index in [-0.39, 0.29) is 0 Å². The lowest BCUT2D eigenvalue weighted by Gasteiger charge is -2.22. The molecule has 2 aromatic carbocycles. The van der Waals surface area contributed by atoms with E-state index in [1.165, 1.54) is 48.9 Å². The minimum atomic E-state index is 0.406. The molecule has 1 heteroatoms. The topological polar surface area (TPSA) is 12.4 Å². The van der Waals surface area contributed by atoms with Crippen LogP contribution in [0.4, 0.5) is 0 Å². The van der Waals surface area contributed by atoms with Gasteiger partial charge < -0.3 is 0 Å². The maximum absolute atomic E-state index is 4.58. The Morgan fingerprint density at radius 1 is 0.920 bits per heavy atom. The summed E-state index contributed by atoms with van der Waals surface area (Å²) in [5.74, 6) is 1.07. The first-order valence-electron chi connectivity index (χ1n) is 9.61.